The summed E-state index contributed by atoms with van der Waals surface area (Å²) >= 11 is 6.26. The maximum absolute atomic E-state index is 12.8. The molecular formula is C22H33ClN2O5. The zero-order valence-corrected chi connectivity index (χ0v) is 19.7. The molecule has 0 heterocycles. The molecule has 1 aromatic carbocycles. The maximum atomic E-state index is 12.8. The monoisotopic (exact) mass is 440 g/mol. The van der Waals surface area contributed by atoms with Crippen LogP contribution in [0.2, 0.25) is 5.02 Å². The number of halogens is 1. The number of amides is 1. The Balaban J connectivity index is 3.01. The summed E-state index contributed by atoms with van der Waals surface area (Å²) in [7, 11) is 5.32. The molecule has 0 bridgehead atoms. The molecule has 1 amide bonds. The highest BCUT2D eigenvalue weighted by Gasteiger charge is 2.21. The van der Waals surface area contributed by atoms with E-state index in [1.807, 2.05) is 25.9 Å². The second-order valence-corrected chi connectivity index (χ2v) is 8.36. The molecule has 0 radical (unpaired) electrons. The molecule has 8 heteroatoms. The number of likely N-dealkylation sites (N-methyl/N-ethyl adjacent to an activating group) is 1. The summed E-state index contributed by atoms with van der Waals surface area (Å²) in [5.41, 5.74) is 0.0704. The van der Waals surface area contributed by atoms with Crippen LogP contribution in [-0.4, -0.2) is 74.7 Å². The summed E-state index contributed by atoms with van der Waals surface area (Å²) in [6, 6.07) is 3.43. The number of methoxy groups -OCH3 is 1. The van der Waals surface area contributed by atoms with Crippen molar-refractivity contribution in [1.82, 2.24) is 9.80 Å². The molecule has 7 nitrogen and oxygen atoms in total. The van der Waals surface area contributed by atoms with E-state index in [9.17, 15) is 9.59 Å². The largest absolute Gasteiger partial charge is 0.491 e. The number of nitrogens with zero attached hydrogens (tertiary/aromatic N) is 2. The minimum absolute atomic E-state index is 0.123. The molecule has 0 N–H and O–H groups in total. The average molecular weight is 441 g/mol. The van der Waals surface area contributed by atoms with Crippen molar-refractivity contribution in [2.45, 2.75) is 33.3 Å². The Hall–Kier alpha value is -2.25. The van der Waals surface area contributed by atoms with Crippen LogP contribution in [0.5, 0.6) is 11.5 Å². The molecule has 0 unspecified atom stereocenters. The Morgan fingerprint density at radius 3 is 2.37 bits per heavy atom. The van der Waals surface area contributed by atoms with Crippen LogP contribution in [0.4, 0.5) is 0 Å². The number of hydrogen-bond donors (Lipinski definition) is 0. The van der Waals surface area contributed by atoms with Gasteiger partial charge in [0, 0.05) is 19.2 Å². The molecular weight excluding hydrogens is 408 g/mol. The summed E-state index contributed by atoms with van der Waals surface area (Å²) in [6.07, 6.45) is 3.04. The summed E-state index contributed by atoms with van der Waals surface area (Å²) in [4.78, 5) is 28.4. The summed E-state index contributed by atoms with van der Waals surface area (Å²) in [5.74, 6) is 0.194. The fourth-order valence-corrected chi connectivity index (χ4v) is 2.83. The number of benzene rings is 1. The van der Waals surface area contributed by atoms with Gasteiger partial charge in [0.2, 0.25) is 5.91 Å². The van der Waals surface area contributed by atoms with Crippen LogP contribution in [0.1, 0.15) is 33.3 Å². The van der Waals surface area contributed by atoms with Crippen LogP contribution in [0.25, 0.3) is 6.08 Å². The Labute approximate surface area is 184 Å². The number of carbonyl (C=O) groups is 2. The highest BCUT2D eigenvalue weighted by molar-refractivity contribution is 6.32. The number of ether oxygens (including phenoxy) is 3. The lowest BCUT2D eigenvalue weighted by Crippen LogP contribution is -2.41. The lowest BCUT2D eigenvalue weighted by Gasteiger charge is -2.25. The van der Waals surface area contributed by atoms with Gasteiger partial charge in [0.25, 0.3) is 0 Å². The second kappa shape index (κ2) is 11.8. The van der Waals surface area contributed by atoms with Crippen molar-refractivity contribution in [1.29, 1.82) is 0 Å². The summed E-state index contributed by atoms with van der Waals surface area (Å²) in [6.45, 7) is 8.57. The van der Waals surface area contributed by atoms with Crippen molar-refractivity contribution in [2.75, 3.05) is 47.4 Å². The van der Waals surface area contributed by atoms with E-state index in [1.54, 1.807) is 39.0 Å². The Morgan fingerprint density at radius 2 is 1.83 bits per heavy atom. The molecule has 0 aromatic heterocycles. The topological polar surface area (TPSA) is 68.3 Å². The maximum Gasteiger partial charge on any atom is 0.326 e. The van der Waals surface area contributed by atoms with E-state index in [1.165, 1.54) is 18.1 Å². The molecule has 0 atom stereocenters. The predicted octanol–water partition coefficient (Wildman–Crippen LogP) is 3.49. The fourth-order valence-electron chi connectivity index (χ4n) is 2.54. The highest BCUT2D eigenvalue weighted by atomic mass is 35.5. The first kappa shape index (κ1) is 25.8. The predicted molar refractivity (Wildman–Crippen MR) is 119 cm³/mol. The summed E-state index contributed by atoms with van der Waals surface area (Å²) < 4.78 is 16.2. The van der Waals surface area contributed by atoms with Gasteiger partial charge in [-0.2, -0.15) is 0 Å². The van der Waals surface area contributed by atoms with E-state index in [0.29, 0.717) is 41.8 Å². The number of esters is 1. The van der Waals surface area contributed by atoms with E-state index in [0.717, 1.165) is 0 Å². The molecule has 0 aliphatic heterocycles. The first-order valence-electron chi connectivity index (χ1n) is 9.80. The van der Waals surface area contributed by atoms with Gasteiger partial charge in [0.05, 0.1) is 18.7 Å². The highest BCUT2D eigenvalue weighted by Crippen LogP contribution is 2.36. The van der Waals surface area contributed by atoms with Gasteiger partial charge in [-0.05, 0) is 65.6 Å². The molecule has 1 aromatic rings. The standard InChI is InChI=1S/C22H33ClN2O5/c1-8-29-18-14-16(13-17(23)21(18)28-7)9-10-19(26)25(12-11-24(5)6)15-20(27)30-22(2,3)4/h9-10,13-14H,8,11-12,15H2,1-7H3/b10-9+. The van der Waals surface area contributed by atoms with E-state index in [4.69, 9.17) is 25.8 Å². The average Bonchev–Trinajstić information content (AvgIpc) is 2.61. The molecule has 30 heavy (non-hydrogen) atoms. The van der Waals surface area contributed by atoms with E-state index < -0.39 is 11.6 Å². The van der Waals surface area contributed by atoms with Crippen molar-refractivity contribution >= 4 is 29.6 Å². The van der Waals surface area contributed by atoms with Crippen molar-refractivity contribution < 1.29 is 23.8 Å². The van der Waals surface area contributed by atoms with Crippen LogP contribution in [0.15, 0.2) is 18.2 Å². The fraction of sp³-hybridized carbons (Fsp3) is 0.545. The van der Waals surface area contributed by atoms with Gasteiger partial charge in [-0.3, -0.25) is 9.59 Å². The van der Waals surface area contributed by atoms with Gasteiger partial charge in [0.1, 0.15) is 12.1 Å². The molecule has 0 spiro atoms. The van der Waals surface area contributed by atoms with E-state index >= 15 is 0 Å². The SMILES string of the molecule is CCOc1cc(/C=C/C(=O)N(CCN(C)C)CC(=O)OC(C)(C)C)cc(Cl)c1OC. The Bertz CT molecular complexity index is 757. The number of carbonyl (C=O) groups excluding carboxylic acids is 2. The first-order chi connectivity index (χ1) is 14.0. The van der Waals surface area contributed by atoms with Crippen molar-refractivity contribution in [3.05, 3.63) is 28.8 Å². The quantitative estimate of drug-likeness (QED) is 0.409. The molecule has 0 aliphatic carbocycles. The van der Waals surface area contributed by atoms with Gasteiger partial charge >= 0.3 is 5.97 Å². The molecule has 0 saturated carbocycles. The van der Waals surface area contributed by atoms with Crippen LogP contribution in [0.3, 0.4) is 0 Å². The molecule has 0 fully saturated rings. The minimum atomic E-state index is -0.612. The number of hydrogen-bond acceptors (Lipinski definition) is 6. The van der Waals surface area contributed by atoms with Gasteiger partial charge in [-0.1, -0.05) is 11.6 Å². The minimum Gasteiger partial charge on any atom is -0.491 e. The summed E-state index contributed by atoms with van der Waals surface area (Å²) in [5, 5.41) is 0.383. The molecule has 1 rings (SSSR count). The Kier molecular flexibility index (Phi) is 10.2. The number of rotatable bonds is 10. The van der Waals surface area contributed by atoms with Crippen LogP contribution in [-0.2, 0) is 14.3 Å². The van der Waals surface area contributed by atoms with Gasteiger partial charge in [-0.25, -0.2) is 0 Å². The third-order valence-corrected chi connectivity index (χ3v) is 4.10. The van der Waals surface area contributed by atoms with Crippen molar-refractivity contribution in [3.63, 3.8) is 0 Å². The Morgan fingerprint density at radius 1 is 1.17 bits per heavy atom. The smallest absolute Gasteiger partial charge is 0.326 e. The normalized spacial score (nSPS) is 11.6. The van der Waals surface area contributed by atoms with Crippen molar-refractivity contribution in [2.24, 2.45) is 0 Å². The van der Waals surface area contributed by atoms with Crippen LogP contribution >= 0.6 is 11.6 Å². The zero-order chi connectivity index (χ0) is 22.9. The zero-order valence-electron chi connectivity index (χ0n) is 19.0. The lowest BCUT2D eigenvalue weighted by atomic mass is 10.1. The lowest BCUT2D eigenvalue weighted by molar-refractivity contribution is -0.158. The van der Waals surface area contributed by atoms with Gasteiger partial charge < -0.3 is 24.0 Å². The van der Waals surface area contributed by atoms with E-state index in [2.05, 4.69) is 0 Å². The molecule has 168 valence electrons. The van der Waals surface area contributed by atoms with Gasteiger partial charge in [-0.15, -0.1) is 0 Å². The molecule has 0 aliphatic rings. The second-order valence-electron chi connectivity index (χ2n) is 7.95. The van der Waals surface area contributed by atoms with E-state index in [-0.39, 0.29) is 12.5 Å². The van der Waals surface area contributed by atoms with Gasteiger partial charge in [0.15, 0.2) is 11.5 Å². The third kappa shape index (κ3) is 9.05. The molecule has 0 saturated heterocycles. The first-order valence-corrected chi connectivity index (χ1v) is 10.2. The third-order valence-electron chi connectivity index (χ3n) is 3.82. The van der Waals surface area contributed by atoms with Crippen molar-refractivity contribution in [3.8, 4) is 11.5 Å². The van der Waals surface area contributed by atoms with Crippen LogP contribution < -0.4 is 9.47 Å². The van der Waals surface area contributed by atoms with Crippen LogP contribution in [0, 0.1) is 0 Å².